The van der Waals surface area contributed by atoms with Crippen molar-refractivity contribution in [1.82, 2.24) is 15.5 Å². The van der Waals surface area contributed by atoms with Gasteiger partial charge in [-0.25, -0.2) is 0 Å². The second kappa shape index (κ2) is 8.26. The molecule has 1 aliphatic rings. The zero-order chi connectivity index (χ0) is 20.1. The van der Waals surface area contributed by atoms with Gasteiger partial charge >= 0.3 is 6.36 Å². The smallest absolute Gasteiger partial charge is 0.406 e. The molecule has 7 nitrogen and oxygen atoms in total. The molecule has 1 aromatic carbocycles. The Morgan fingerprint density at radius 1 is 1.29 bits per heavy atom. The van der Waals surface area contributed by atoms with Crippen LogP contribution in [0.1, 0.15) is 24.8 Å². The predicted octanol–water partition coefficient (Wildman–Crippen LogP) is 3.06. The molecule has 0 bridgehead atoms. The third-order valence-corrected chi connectivity index (χ3v) is 3.83. The van der Waals surface area contributed by atoms with E-state index in [2.05, 4.69) is 20.2 Å². The van der Waals surface area contributed by atoms with Crippen molar-refractivity contribution in [2.24, 2.45) is 0 Å². The van der Waals surface area contributed by atoms with E-state index in [0.29, 0.717) is 11.1 Å². The minimum absolute atomic E-state index is 0.0261. The van der Waals surface area contributed by atoms with E-state index >= 15 is 0 Å². The Hall–Kier alpha value is -3.14. The van der Waals surface area contributed by atoms with Gasteiger partial charge in [-0.15, -0.1) is 13.2 Å². The summed E-state index contributed by atoms with van der Waals surface area (Å²) < 4.78 is 45.5. The summed E-state index contributed by atoms with van der Waals surface area (Å²) in [5, 5.41) is 15.9. The number of hydrogen-bond acceptors (Lipinski definition) is 6. The normalized spacial score (nSPS) is 15.1. The van der Waals surface area contributed by atoms with E-state index in [1.807, 2.05) is 6.08 Å². The van der Waals surface area contributed by atoms with Crippen molar-refractivity contribution >= 4 is 5.91 Å². The first-order chi connectivity index (χ1) is 13.4. The Labute approximate surface area is 157 Å². The van der Waals surface area contributed by atoms with Gasteiger partial charge in [0.25, 0.3) is 11.8 Å². The summed E-state index contributed by atoms with van der Waals surface area (Å²) in [7, 11) is 0. The summed E-state index contributed by atoms with van der Waals surface area (Å²) >= 11 is 0. The van der Waals surface area contributed by atoms with Crippen molar-refractivity contribution in [3.63, 3.8) is 0 Å². The predicted molar refractivity (Wildman–Crippen MR) is 90.8 cm³/mol. The lowest BCUT2D eigenvalue weighted by atomic mass is 10.1. The Morgan fingerprint density at radius 3 is 2.64 bits per heavy atom. The molecule has 10 heteroatoms. The molecule has 148 valence electrons. The molecule has 1 atom stereocenters. The van der Waals surface area contributed by atoms with E-state index in [4.69, 9.17) is 4.52 Å². The summed E-state index contributed by atoms with van der Waals surface area (Å²) in [5.41, 5.74) is 0.857. The first-order valence-corrected chi connectivity index (χ1v) is 8.34. The number of amides is 1. The third-order valence-electron chi connectivity index (χ3n) is 3.83. The summed E-state index contributed by atoms with van der Waals surface area (Å²) in [6.07, 6.45) is 2.18. The van der Waals surface area contributed by atoms with Crippen LogP contribution in [-0.2, 0) is 4.79 Å². The second-order valence-corrected chi connectivity index (χ2v) is 5.88. The molecule has 2 N–H and O–H groups in total. The highest BCUT2D eigenvalue weighted by atomic mass is 19.4. The van der Waals surface area contributed by atoms with Crippen molar-refractivity contribution < 1.29 is 32.3 Å². The lowest BCUT2D eigenvalue weighted by Gasteiger charge is -2.13. The Kier molecular flexibility index (Phi) is 5.78. The Balaban J connectivity index is 1.70. The summed E-state index contributed by atoms with van der Waals surface area (Å²) in [6, 6.07) is 3.98. The van der Waals surface area contributed by atoms with Crippen LogP contribution >= 0.6 is 0 Å². The molecule has 2 aromatic rings. The van der Waals surface area contributed by atoms with Crippen LogP contribution in [0.4, 0.5) is 13.2 Å². The molecule has 28 heavy (non-hydrogen) atoms. The number of aromatic nitrogens is 2. The molecule has 1 heterocycles. The number of halogens is 3. The molecule has 0 saturated carbocycles. The number of carbonyl (C=O) groups excluding carboxylic acids is 1. The fraction of sp³-hybridized carbons (Fsp3) is 0.278. The number of aliphatic hydroxyl groups excluding tert-OH is 1. The molecule has 0 fully saturated rings. The van der Waals surface area contributed by atoms with Crippen LogP contribution in [-0.4, -0.2) is 34.1 Å². The third kappa shape index (κ3) is 4.97. The number of rotatable bonds is 6. The number of aliphatic hydroxyl groups is 1. The number of allylic oxidation sites excluding steroid dienone is 2. The highest BCUT2D eigenvalue weighted by Gasteiger charge is 2.31. The molecule has 0 radical (unpaired) electrons. The van der Waals surface area contributed by atoms with E-state index in [0.717, 1.165) is 25.0 Å². The molecular weight excluding hydrogens is 379 g/mol. The summed E-state index contributed by atoms with van der Waals surface area (Å²) in [5.74, 6) is -0.697. The summed E-state index contributed by atoms with van der Waals surface area (Å²) in [4.78, 5) is 16.3. The topological polar surface area (TPSA) is 97.5 Å². The first-order valence-electron chi connectivity index (χ1n) is 8.34. The van der Waals surface area contributed by atoms with Crippen molar-refractivity contribution in [3.8, 4) is 17.1 Å². The maximum Gasteiger partial charge on any atom is 0.573 e. The van der Waals surface area contributed by atoms with Gasteiger partial charge in [-0.1, -0.05) is 23.4 Å². The average Bonchev–Trinajstić information content (AvgIpc) is 3.16. The van der Waals surface area contributed by atoms with Gasteiger partial charge in [-0.05, 0) is 37.1 Å². The fourth-order valence-corrected chi connectivity index (χ4v) is 2.51. The number of nitrogens with one attached hydrogen (secondary N) is 1. The largest absolute Gasteiger partial charge is 0.573 e. The van der Waals surface area contributed by atoms with Crippen molar-refractivity contribution in [2.45, 2.75) is 25.2 Å². The van der Waals surface area contributed by atoms with E-state index in [1.54, 1.807) is 12.2 Å². The Bertz CT molecular complexity index is 888. The average molecular weight is 395 g/mol. The number of benzene rings is 1. The quantitative estimate of drug-likeness (QED) is 0.780. The SMILES string of the molecule is O=C(N[C@@H](CO)c1nc(-c2ccc(OC(F)(F)F)cc2)no1)C1=CCCC=C1. The van der Waals surface area contributed by atoms with Crippen LogP contribution < -0.4 is 10.1 Å². The van der Waals surface area contributed by atoms with E-state index in [1.165, 1.54) is 12.1 Å². The fourth-order valence-electron chi connectivity index (χ4n) is 2.51. The zero-order valence-corrected chi connectivity index (χ0v) is 14.4. The van der Waals surface area contributed by atoms with Gasteiger partial charge in [0.1, 0.15) is 11.8 Å². The van der Waals surface area contributed by atoms with Gasteiger partial charge in [0.2, 0.25) is 5.82 Å². The lowest BCUT2D eigenvalue weighted by molar-refractivity contribution is -0.274. The first kappa shape index (κ1) is 19.6. The van der Waals surface area contributed by atoms with Gasteiger partial charge < -0.3 is 19.7 Å². The van der Waals surface area contributed by atoms with Crippen molar-refractivity contribution in [1.29, 1.82) is 0 Å². The Morgan fingerprint density at radius 2 is 2.04 bits per heavy atom. The highest BCUT2D eigenvalue weighted by molar-refractivity contribution is 5.96. The molecule has 1 amide bonds. The van der Waals surface area contributed by atoms with E-state index in [-0.39, 0.29) is 23.4 Å². The molecule has 0 unspecified atom stereocenters. The number of hydrogen-bond donors (Lipinski definition) is 2. The van der Waals surface area contributed by atoms with E-state index in [9.17, 15) is 23.1 Å². The van der Waals surface area contributed by atoms with Crippen LogP contribution in [0.15, 0.2) is 52.6 Å². The van der Waals surface area contributed by atoms with Gasteiger partial charge in [0.05, 0.1) is 6.61 Å². The van der Waals surface area contributed by atoms with Crippen molar-refractivity contribution in [2.75, 3.05) is 6.61 Å². The zero-order valence-electron chi connectivity index (χ0n) is 14.4. The van der Waals surface area contributed by atoms with Crippen LogP contribution in [0.25, 0.3) is 11.4 Å². The molecule has 0 saturated heterocycles. The van der Waals surface area contributed by atoms with Gasteiger partial charge in [-0.3, -0.25) is 4.79 Å². The molecule has 3 rings (SSSR count). The maximum absolute atomic E-state index is 12.2. The van der Waals surface area contributed by atoms with Gasteiger partial charge in [0.15, 0.2) is 0 Å². The van der Waals surface area contributed by atoms with E-state index < -0.39 is 19.0 Å². The number of nitrogens with zero attached hydrogens (tertiary/aromatic N) is 2. The highest BCUT2D eigenvalue weighted by Crippen LogP contribution is 2.26. The van der Waals surface area contributed by atoms with Crippen molar-refractivity contribution in [3.05, 3.63) is 54.0 Å². The number of ether oxygens (including phenoxy) is 1. The molecule has 0 aliphatic heterocycles. The van der Waals surface area contributed by atoms with Crippen LogP contribution in [0.3, 0.4) is 0 Å². The second-order valence-electron chi connectivity index (χ2n) is 5.88. The number of alkyl halides is 3. The summed E-state index contributed by atoms with van der Waals surface area (Å²) in [6.45, 7) is -0.470. The minimum Gasteiger partial charge on any atom is -0.406 e. The molecular formula is C18H16F3N3O4. The van der Waals surface area contributed by atoms with Crippen LogP contribution in [0.2, 0.25) is 0 Å². The monoisotopic (exact) mass is 395 g/mol. The van der Waals surface area contributed by atoms with Gasteiger partial charge in [0, 0.05) is 11.1 Å². The maximum atomic E-state index is 12.2. The molecule has 1 aliphatic carbocycles. The number of carbonyl (C=O) groups is 1. The lowest BCUT2D eigenvalue weighted by Crippen LogP contribution is -2.32. The molecule has 0 spiro atoms. The van der Waals surface area contributed by atoms with Crippen LogP contribution in [0, 0.1) is 0 Å². The molecule has 1 aromatic heterocycles. The van der Waals surface area contributed by atoms with Gasteiger partial charge in [-0.2, -0.15) is 4.98 Å². The minimum atomic E-state index is -4.78. The van der Waals surface area contributed by atoms with Crippen LogP contribution in [0.5, 0.6) is 5.75 Å². The standard InChI is InChI=1S/C18H16F3N3O4/c19-18(20,21)27-13-8-6-11(7-9-13)15-23-17(28-24-15)14(10-25)22-16(26)12-4-2-1-3-5-12/h2,4-9,14,25H,1,3,10H2,(H,22,26)/t14-/m0/s1.